The van der Waals surface area contributed by atoms with E-state index in [0.717, 1.165) is 62.2 Å². The maximum absolute atomic E-state index is 13.5. The van der Waals surface area contributed by atoms with Gasteiger partial charge in [-0.25, -0.2) is 13.1 Å². The fourth-order valence-electron chi connectivity index (χ4n) is 8.73. The number of hydrogen-bond acceptors (Lipinski definition) is 8. The molecule has 3 aliphatic heterocycles. The molecule has 3 heterocycles. The number of carbonyl (C=O) groups excluding carboxylic acids is 1. The van der Waals surface area contributed by atoms with Gasteiger partial charge in [0, 0.05) is 35.0 Å². The van der Waals surface area contributed by atoms with Crippen molar-refractivity contribution in [2.24, 2.45) is 23.7 Å². The summed E-state index contributed by atoms with van der Waals surface area (Å²) in [4.78, 5) is 15.9. The third kappa shape index (κ3) is 6.53. The zero-order valence-corrected chi connectivity index (χ0v) is 28.9. The van der Waals surface area contributed by atoms with Crippen LogP contribution in [0.25, 0.3) is 0 Å². The van der Waals surface area contributed by atoms with Crippen molar-refractivity contribution < 1.29 is 32.5 Å². The highest BCUT2D eigenvalue weighted by Gasteiger charge is 2.46. The molecule has 2 bridgehead atoms. The van der Waals surface area contributed by atoms with Gasteiger partial charge in [-0.05, 0) is 111 Å². The highest BCUT2D eigenvalue weighted by atomic mass is 35.5. The lowest BCUT2D eigenvalue weighted by Gasteiger charge is -2.48. The fourth-order valence-corrected chi connectivity index (χ4v) is 10.2. The van der Waals surface area contributed by atoms with Gasteiger partial charge in [0.2, 0.25) is 10.0 Å². The second kappa shape index (κ2) is 13.2. The van der Waals surface area contributed by atoms with Gasteiger partial charge in [0.1, 0.15) is 11.9 Å². The molecule has 256 valence electrons. The second-order valence-electron chi connectivity index (χ2n) is 14.7. The lowest BCUT2D eigenvalue weighted by molar-refractivity contribution is -0.252. The molecule has 2 aromatic rings. The number of sulfonamides is 1. The summed E-state index contributed by atoms with van der Waals surface area (Å²) in [7, 11) is -3.92. The summed E-state index contributed by atoms with van der Waals surface area (Å²) in [6.45, 7) is 6.12. The molecule has 11 heteroatoms. The standard InChI is InChI=1S/C36H47ClN2O7S/c1-22-5-3-7-30(35-44-18-28(40)19-45-35)29-11-8-26(29)17-39-20-36(14-4-6-24-15-27(37)10-12-31(24)36)21-46-33-13-9-25(16-32(33)39)34(41)38-47(42,43)23(22)2/h9-10,12-13,15-16,22-23,26,28-30,35,40H,3-8,11,14,17-21H2,1-2H3,(H,38,41)/t22-,23+,26-,28-,29+,30+,35-,36-/m0/s1. The molecule has 2 fully saturated rings. The minimum atomic E-state index is -3.92. The first-order chi connectivity index (χ1) is 22.5. The molecule has 1 amide bonds. The Kier molecular flexibility index (Phi) is 9.28. The van der Waals surface area contributed by atoms with Crippen LogP contribution in [-0.2, 0) is 31.3 Å². The lowest BCUT2D eigenvalue weighted by atomic mass is 9.64. The van der Waals surface area contributed by atoms with Crippen molar-refractivity contribution in [2.75, 3.05) is 37.8 Å². The summed E-state index contributed by atoms with van der Waals surface area (Å²) < 4.78 is 48.0. The Bertz CT molecular complexity index is 1600. The van der Waals surface area contributed by atoms with Crippen LogP contribution in [0.4, 0.5) is 5.69 Å². The predicted molar refractivity (Wildman–Crippen MR) is 180 cm³/mol. The Balaban J connectivity index is 1.28. The summed E-state index contributed by atoms with van der Waals surface area (Å²) in [6, 6.07) is 11.5. The van der Waals surface area contributed by atoms with E-state index in [4.69, 9.17) is 25.8 Å². The minimum absolute atomic E-state index is 0.133. The highest BCUT2D eigenvalue weighted by Crippen LogP contribution is 2.49. The summed E-state index contributed by atoms with van der Waals surface area (Å²) in [5.41, 5.74) is 3.38. The van der Waals surface area contributed by atoms with Crippen LogP contribution in [0.5, 0.6) is 5.75 Å². The van der Waals surface area contributed by atoms with Crippen molar-refractivity contribution in [1.82, 2.24) is 4.72 Å². The average Bonchev–Trinajstić information content (AvgIpc) is 3.18. The Labute approximate surface area is 283 Å². The maximum Gasteiger partial charge on any atom is 0.264 e. The number of fused-ring (bicyclic) bond motifs is 4. The van der Waals surface area contributed by atoms with Crippen LogP contribution in [0.3, 0.4) is 0 Å². The zero-order chi connectivity index (χ0) is 32.9. The number of benzene rings is 2. The summed E-state index contributed by atoms with van der Waals surface area (Å²) in [5.74, 6) is 0.788. The molecule has 0 radical (unpaired) electrons. The molecule has 0 aromatic heterocycles. The van der Waals surface area contributed by atoms with Gasteiger partial charge in [0.05, 0.1) is 30.8 Å². The first-order valence-electron chi connectivity index (χ1n) is 17.3. The van der Waals surface area contributed by atoms with Crippen LogP contribution < -0.4 is 14.4 Å². The van der Waals surface area contributed by atoms with Gasteiger partial charge >= 0.3 is 0 Å². The minimum Gasteiger partial charge on any atom is -0.490 e. The summed E-state index contributed by atoms with van der Waals surface area (Å²) in [5, 5.41) is 10.1. The van der Waals surface area contributed by atoms with Crippen molar-refractivity contribution >= 4 is 33.2 Å². The van der Waals surface area contributed by atoms with E-state index in [1.807, 2.05) is 25.1 Å². The third-order valence-electron chi connectivity index (χ3n) is 11.8. The molecular weight excluding hydrogens is 640 g/mol. The van der Waals surface area contributed by atoms with E-state index in [2.05, 4.69) is 21.8 Å². The maximum atomic E-state index is 13.5. The summed E-state index contributed by atoms with van der Waals surface area (Å²) >= 11 is 6.44. The second-order valence-corrected chi connectivity index (χ2v) is 17.2. The van der Waals surface area contributed by atoms with Crippen molar-refractivity contribution in [1.29, 1.82) is 0 Å². The monoisotopic (exact) mass is 686 g/mol. The highest BCUT2D eigenvalue weighted by molar-refractivity contribution is 7.90. The number of aryl methyl sites for hydroxylation is 1. The smallest absolute Gasteiger partial charge is 0.264 e. The molecule has 2 aliphatic carbocycles. The number of nitrogens with one attached hydrogen (secondary N) is 1. The van der Waals surface area contributed by atoms with Gasteiger partial charge < -0.3 is 24.2 Å². The Morgan fingerprint density at radius 2 is 1.81 bits per heavy atom. The number of anilines is 1. The number of carbonyl (C=O) groups is 1. The molecule has 0 unspecified atom stereocenters. The van der Waals surface area contributed by atoms with Crippen LogP contribution in [0.15, 0.2) is 36.4 Å². The topological polar surface area (TPSA) is 114 Å². The molecular formula is C36H47ClN2O7S. The lowest BCUT2D eigenvalue weighted by Crippen LogP contribution is -2.51. The Morgan fingerprint density at radius 3 is 2.57 bits per heavy atom. The number of rotatable bonds is 1. The number of halogens is 1. The number of ether oxygens (including phenoxy) is 3. The van der Waals surface area contributed by atoms with Gasteiger partial charge in [-0.2, -0.15) is 0 Å². The van der Waals surface area contributed by atoms with Crippen LogP contribution in [0.2, 0.25) is 5.02 Å². The first-order valence-corrected chi connectivity index (χ1v) is 19.2. The molecule has 6 atom stereocenters. The largest absolute Gasteiger partial charge is 0.490 e. The molecule has 47 heavy (non-hydrogen) atoms. The fraction of sp³-hybridized carbons (Fsp3) is 0.639. The van der Waals surface area contributed by atoms with Crippen molar-refractivity contribution in [3.05, 3.63) is 58.1 Å². The summed E-state index contributed by atoms with van der Waals surface area (Å²) in [6.07, 6.45) is 6.45. The molecule has 7 rings (SSSR count). The molecule has 1 saturated heterocycles. The Hall–Kier alpha value is -2.37. The van der Waals surface area contributed by atoms with Crippen LogP contribution in [0.1, 0.15) is 80.3 Å². The number of nitrogens with zero attached hydrogens (tertiary/aromatic N) is 1. The van der Waals surface area contributed by atoms with Crippen LogP contribution in [0, 0.1) is 23.7 Å². The van der Waals surface area contributed by atoms with E-state index >= 15 is 0 Å². The predicted octanol–water partition coefficient (Wildman–Crippen LogP) is 5.46. The van der Waals surface area contributed by atoms with E-state index in [1.165, 1.54) is 11.1 Å². The van der Waals surface area contributed by atoms with Crippen molar-refractivity contribution in [2.45, 2.75) is 88.3 Å². The first kappa shape index (κ1) is 33.1. The zero-order valence-electron chi connectivity index (χ0n) is 27.3. The van der Waals surface area contributed by atoms with Crippen molar-refractivity contribution in [3.63, 3.8) is 0 Å². The Morgan fingerprint density at radius 1 is 1.00 bits per heavy atom. The van der Waals surface area contributed by atoms with E-state index in [-0.39, 0.29) is 30.5 Å². The van der Waals surface area contributed by atoms with E-state index in [0.29, 0.717) is 42.7 Å². The van der Waals surface area contributed by atoms with Gasteiger partial charge in [-0.15, -0.1) is 0 Å². The SMILES string of the molecule is C[C@@H]1[C@@H](C)CCC[C@@H]([C@H]2OC[C@H](O)CO2)[C@@H]2CC[C@H]2CN2C[C@@]3(CCCc4cc(Cl)ccc43)COc3ccc(cc32)C(=O)NS1(=O)=O. The number of aliphatic hydroxyl groups excluding tert-OH is 1. The number of aliphatic hydroxyl groups is 1. The van der Waals surface area contributed by atoms with Gasteiger partial charge in [0.15, 0.2) is 6.29 Å². The van der Waals surface area contributed by atoms with Crippen molar-refractivity contribution in [3.8, 4) is 5.75 Å². The average molecular weight is 687 g/mol. The molecule has 1 spiro atoms. The van der Waals surface area contributed by atoms with E-state index < -0.39 is 33.6 Å². The molecule has 2 aromatic carbocycles. The van der Waals surface area contributed by atoms with Gasteiger partial charge in [-0.1, -0.05) is 31.0 Å². The van der Waals surface area contributed by atoms with Crippen LogP contribution >= 0.6 is 11.6 Å². The molecule has 5 aliphatic rings. The van der Waals surface area contributed by atoms with E-state index in [9.17, 15) is 18.3 Å². The quantitative estimate of drug-likeness (QED) is 0.407. The number of amides is 1. The molecule has 2 N–H and O–H groups in total. The molecule has 1 saturated carbocycles. The third-order valence-corrected chi connectivity index (χ3v) is 13.9. The number of hydrogen-bond donors (Lipinski definition) is 2. The normalized spacial score (nSPS) is 35.8. The van der Waals surface area contributed by atoms with Crippen LogP contribution in [-0.4, -0.2) is 70.0 Å². The molecule has 9 nitrogen and oxygen atoms in total. The van der Waals surface area contributed by atoms with Gasteiger partial charge in [-0.3, -0.25) is 4.79 Å². The van der Waals surface area contributed by atoms with Gasteiger partial charge in [0.25, 0.3) is 5.91 Å². The van der Waals surface area contributed by atoms with E-state index in [1.54, 1.807) is 13.0 Å².